The first kappa shape index (κ1) is 11.7. The van der Waals surface area contributed by atoms with Crippen LogP contribution in [-0.2, 0) is 4.79 Å². The Balaban J connectivity index is 2.43. The third kappa shape index (κ3) is 3.69. The van der Waals surface area contributed by atoms with Gasteiger partial charge in [-0.2, -0.15) is 0 Å². The van der Waals surface area contributed by atoms with Crippen molar-refractivity contribution in [3.05, 3.63) is 35.9 Å². The molecule has 0 saturated carbocycles. The highest BCUT2D eigenvalue weighted by molar-refractivity contribution is 5.79. The minimum Gasteiger partial charge on any atom is -0.368 e. The van der Waals surface area contributed by atoms with Crippen LogP contribution in [0.15, 0.2) is 30.3 Å². The van der Waals surface area contributed by atoms with Gasteiger partial charge in [0.25, 0.3) is 0 Å². The van der Waals surface area contributed by atoms with Crippen LogP contribution in [0.25, 0.3) is 0 Å². The Morgan fingerprint density at radius 2 is 2.00 bits per heavy atom. The van der Waals surface area contributed by atoms with Gasteiger partial charge in [-0.1, -0.05) is 30.3 Å². The molecule has 0 bridgehead atoms. The Morgan fingerprint density at radius 1 is 1.40 bits per heavy atom. The van der Waals surface area contributed by atoms with E-state index in [-0.39, 0.29) is 6.04 Å². The van der Waals surface area contributed by atoms with Gasteiger partial charge in [-0.05, 0) is 12.5 Å². The Bertz CT molecular complexity index is 313. The molecular formula is C11H17N3O. The summed E-state index contributed by atoms with van der Waals surface area (Å²) in [5.41, 5.74) is 11.7. The van der Waals surface area contributed by atoms with Gasteiger partial charge in [0.15, 0.2) is 0 Å². The van der Waals surface area contributed by atoms with Crippen LogP contribution in [0.4, 0.5) is 0 Å². The van der Waals surface area contributed by atoms with Gasteiger partial charge in [-0.25, -0.2) is 0 Å². The number of nitrogens with one attached hydrogen (secondary N) is 1. The zero-order chi connectivity index (χ0) is 11.3. The summed E-state index contributed by atoms with van der Waals surface area (Å²) in [5, 5.41) is 3.15. The van der Waals surface area contributed by atoms with Crippen molar-refractivity contribution in [2.45, 2.75) is 19.0 Å². The topological polar surface area (TPSA) is 81.1 Å². The molecule has 0 saturated heterocycles. The first-order valence-electron chi connectivity index (χ1n) is 4.94. The van der Waals surface area contributed by atoms with Crippen molar-refractivity contribution in [2.75, 3.05) is 6.54 Å². The van der Waals surface area contributed by atoms with Gasteiger partial charge in [-0.3, -0.25) is 4.79 Å². The molecule has 82 valence electrons. The quantitative estimate of drug-likeness (QED) is 0.643. The molecule has 1 aromatic rings. The molecule has 15 heavy (non-hydrogen) atoms. The zero-order valence-electron chi connectivity index (χ0n) is 8.81. The molecule has 0 aliphatic rings. The molecule has 1 amide bonds. The molecule has 0 fully saturated rings. The Morgan fingerprint density at radius 3 is 2.53 bits per heavy atom. The van der Waals surface area contributed by atoms with Crippen LogP contribution in [0.1, 0.15) is 18.5 Å². The fourth-order valence-electron chi connectivity index (χ4n) is 1.26. The van der Waals surface area contributed by atoms with Crippen molar-refractivity contribution in [1.29, 1.82) is 0 Å². The molecule has 1 aromatic carbocycles. The average molecular weight is 207 g/mol. The van der Waals surface area contributed by atoms with Crippen LogP contribution in [0.3, 0.4) is 0 Å². The van der Waals surface area contributed by atoms with Crippen LogP contribution in [0, 0.1) is 0 Å². The van der Waals surface area contributed by atoms with E-state index in [0.29, 0.717) is 6.54 Å². The molecule has 0 spiro atoms. The van der Waals surface area contributed by atoms with Crippen molar-refractivity contribution in [2.24, 2.45) is 11.5 Å². The number of benzene rings is 1. The number of hydrogen-bond donors (Lipinski definition) is 3. The van der Waals surface area contributed by atoms with Gasteiger partial charge in [0.05, 0.1) is 6.04 Å². The molecule has 2 atom stereocenters. The average Bonchev–Trinajstić information content (AvgIpc) is 2.26. The predicted molar refractivity (Wildman–Crippen MR) is 60.0 cm³/mol. The lowest BCUT2D eigenvalue weighted by Crippen LogP contribution is -2.44. The number of primary amides is 1. The number of nitrogens with two attached hydrogens (primary N) is 2. The first-order valence-corrected chi connectivity index (χ1v) is 4.94. The summed E-state index contributed by atoms with van der Waals surface area (Å²) in [6.45, 7) is 2.41. The second-order valence-electron chi connectivity index (χ2n) is 3.55. The number of carbonyl (C=O) groups is 1. The predicted octanol–water partition coefficient (Wildman–Crippen LogP) is 0.150. The Kier molecular flexibility index (Phi) is 4.27. The maximum atomic E-state index is 10.7. The second kappa shape index (κ2) is 5.48. The molecule has 0 heterocycles. The van der Waals surface area contributed by atoms with Gasteiger partial charge >= 0.3 is 0 Å². The highest BCUT2D eigenvalue weighted by Gasteiger charge is 2.11. The highest BCUT2D eigenvalue weighted by atomic mass is 16.1. The van der Waals surface area contributed by atoms with Gasteiger partial charge in [0.2, 0.25) is 5.91 Å². The lowest BCUT2D eigenvalue weighted by atomic mass is 10.1. The van der Waals surface area contributed by atoms with E-state index in [0.717, 1.165) is 5.56 Å². The van der Waals surface area contributed by atoms with E-state index >= 15 is 0 Å². The van der Waals surface area contributed by atoms with Crippen LogP contribution < -0.4 is 16.8 Å². The Hall–Kier alpha value is -1.39. The summed E-state index contributed by atoms with van der Waals surface area (Å²) >= 11 is 0. The zero-order valence-corrected chi connectivity index (χ0v) is 8.81. The maximum absolute atomic E-state index is 10.7. The summed E-state index contributed by atoms with van der Waals surface area (Å²) in [6.07, 6.45) is 0. The minimum atomic E-state index is -0.629. The normalized spacial score (nSPS) is 14.5. The monoisotopic (exact) mass is 207 g/mol. The van der Waals surface area contributed by atoms with Gasteiger partial charge in [0.1, 0.15) is 0 Å². The molecule has 2 unspecified atom stereocenters. The molecule has 5 N–H and O–H groups in total. The van der Waals surface area contributed by atoms with Gasteiger partial charge in [0, 0.05) is 12.6 Å². The molecule has 0 aliphatic carbocycles. The minimum absolute atomic E-state index is 0.164. The van der Waals surface area contributed by atoms with Crippen molar-refractivity contribution in [1.82, 2.24) is 5.32 Å². The molecule has 4 nitrogen and oxygen atoms in total. The van der Waals surface area contributed by atoms with E-state index in [2.05, 4.69) is 5.32 Å². The standard InChI is InChI=1S/C11H17N3O/c1-8(9-5-3-2-4-6-9)14-7-10(12)11(13)15/h2-6,8,10,14H,7,12H2,1H3,(H2,13,15). The summed E-state index contributed by atoms with van der Waals surface area (Å²) in [6, 6.07) is 9.49. The van der Waals surface area contributed by atoms with Crippen LogP contribution in [0.5, 0.6) is 0 Å². The third-order valence-electron chi connectivity index (χ3n) is 2.31. The molecule has 0 radical (unpaired) electrons. The Labute approximate surface area is 89.6 Å². The second-order valence-corrected chi connectivity index (χ2v) is 3.55. The van der Waals surface area contributed by atoms with Crippen LogP contribution >= 0.6 is 0 Å². The van der Waals surface area contributed by atoms with Gasteiger partial charge in [-0.15, -0.1) is 0 Å². The van der Waals surface area contributed by atoms with Crippen molar-refractivity contribution >= 4 is 5.91 Å². The fraction of sp³-hybridized carbons (Fsp3) is 0.364. The van der Waals surface area contributed by atoms with Gasteiger partial charge < -0.3 is 16.8 Å². The molecule has 0 aromatic heterocycles. The lowest BCUT2D eigenvalue weighted by molar-refractivity contribution is -0.119. The third-order valence-corrected chi connectivity index (χ3v) is 2.31. The fourth-order valence-corrected chi connectivity index (χ4v) is 1.26. The van der Waals surface area contributed by atoms with Crippen LogP contribution in [0.2, 0.25) is 0 Å². The number of amides is 1. The largest absolute Gasteiger partial charge is 0.368 e. The van der Waals surface area contributed by atoms with E-state index in [1.54, 1.807) is 0 Å². The van der Waals surface area contributed by atoms with Crippen LogP contribution in [-0.4, -0.2) is 18.5 Å². The van der Waals surface area contributed by atoms with Crippen molar-refractivity contribution in [3.8, 4) is 0 Å². The summed E-state index contributed by atoms with van der Waals surface area (Å²) in [7, 11) is 0. The summed E-state index contributed by atoms with van der Waals surface area (Å²) in [5.74, 6) is -0.484. The van der Waals surface area contributed by atoms with Crippen molar-refractivity contribution < 1.29 is 4.79 Å². The molecule has 0 aliphatic heterocycles. The van der Waals surface area contributed by atoms with E-state index in [1.807, 2.05) is 37.3 Å². The number of rotatable bonds is 5. The first-order chi connectivity index (χ1) is 7.11. The van der Waals surface area contributed by atoms with E-state index < -0.39 is 11.9 Å². The lowest BCUT2D eigenvalue weighted by Gasteiger charge is -2.16. The number of hydrogen-bond acceptors (Lipinski definition) is 3. The SMILES string of the molecule is CC(NCC(N)C(N)=O)c1ccccc1. The van der Waals surface area contributed by atoms with E-state index in [4.69, 9.17) is 11.5 Å². The molecular weight excluding hydrogens is 190 g/mol. The van der Waals surface area contributed by atoms with Crippen molar-refractivity contribution in [3.63, 3.8) is 0 Å². The summed E-state index contributed by atoms with van der Waals surface area (Å²) < 4.78 is 0. The molecule has 4 heteroatoms. The summed E-state index contributed by atoms with van der Waals surface area (Å²) in [4.78, 5) is 10.7. The molecule has 1 rings (SSSR count). The number of carbonyl (C=O) groups excluding carboxylic acids is 1. The maximum Gasteiger partial charge on any atom is 0.235 e. The van der Waals surface area contributed by atoms with E-state index in [1.165, 1.54) is 0 Å². The van der Waals surface area contributed by atoms with E-state index in [9.17, 15) is 4.79 Å². The highest BCUT2D eigenvalue weighted by Crippen LogP contribution is 2.10. The smallest absolute Gasteiger partial charge is 0.235 e.